The minimum Gasteiger partial charge on any atom is -0.473 e. The summed E-state index contributed by atoms with van der Waals surface area (Å²) < 4.78 is 14.2. The van der Waals surface area contributed by atoms with E-state index in [9.17, 15) is 4.79 Å². The number of hydrogen-bond donors (Lipinski definition) is 1. The summed E-state index contributed by atoms with van der Waals surface area (Å²) in [5.41, 5.74) is 5.02. The molecule has 194 valence electrons. The monoisotopic (exact) mass is 502 g/mol. The van der Waals surface area contributed by atoms with Crippen LogP contribution in [0.5, 0.6) is 5.88 Å². The van der Waals surface area contributed by atoms with E-state index in [0.29, 0.717) is 30.9 Å². The standard InChI is InChI=1S/C28H34N6O3/c1-18(20-12-26(35)29-14-20)37-28-27-25(30-17-34(27)22-6-7-22)13-24(31-28)19-2-4-21(5-3-19)33-15-23(16-33)32-8-10-36-11-9-32/h2-5,13,17-18,20,22-23H,6-12,14-16H2,1H3,(H,29,35)/t18-,20-/m1/s1. The van der Waals surface area contributed by atoms with Crippen molar-refractivity contribution >= 4 is 22.6 Å². The summed E-state index contributed by atoms with van der Waals surface area (Å²) in [7, 11) is 0. The Kier molecular flexibility index (Phi) is 5.77. The van der Waals surface area contributed by atoms with Gasteiger partial charge < -0.3 is 24.3 Å². The van der Waals surface area contributed by atoms with Crippen LogP contribution in [0.15, 0.2) is 36.7 Å². The van der Waals surface area contributed by atoms with Crippen LogP contribution < -0.4 is 15.0 Å². The largest absolute Gasteiger partial charge is 0.473 e. The number of benzene rings is 1. The maximum absolute atomic E-state index is 11.8. The zero-order chi connectivity index (χ0) is 24.9. The van der Waals surface area contributed by atoms with Crippen LogP contribution in [0.3, 0.4) is 0 Å². The molecule has 4 fully saturated rings. The molecule has 3 aromatic rings. The normalized spacial score (nSPS) is 23.8. The van der Waals surface area contributed by atoms with Crippen molar-refractivity contribution < 1.29 is 14.3 Å². The Bertz CT molecular complexity index is 1290. The number of fused-ring (bicyclic) bond motifs is 1. The Hall–Kier alpha value is -3.17. The molecule has 2 atom stereocenters. The van der Waals surface area contributed by atoms with E-state index in [0.717, 1.165) is 74.5 Å². The number of nitrogens with one attached hydrogen (secondary N) is 1. The summed E-state index contributed by atoms with van der Waals surface area (Å²) in [6, 6.07) is 11.9. The molecule has 9 nitrogen and oxygen atoms in total. The lowest BCUT2D eigenvalue weighted by atomic mass is 10.0. The number of carbonyl (C=O) groups excluding carboxylic acids is 1. The summed E-state index contributed by atoms with van der Waals surface area (Å²) >= 11 is 0. The molecule has 37 heavy (non-hydrogen) atoms. The molecule has 0 bridgehead atoms. The van der Waals surface area contributed by atoms with Gasteiger partial charge in [-0.3, -0.25) is 9.69 Å². The molecule has 3 aliphatic heterocycles. The summed E-state index contributed by atoms with van der Waals surface area (Å²) in [6.45, 7) is 8.59. The second kappa shape index (κ2) is 9.29. The third-order valence-corrected chi connectivity index (χ3v) is 8.38. The molecule has 1 N–H and O–H groups in total. The van der Waals surface area contributed by atoms with E-state index < -0.39 is 0 Å². The molecule has 2 aromatic heterocycles. The van der Waals surface area contributed by atoms with Crippen LogP contribution in [0.2, 0.25) is 0 Å². The molecule has 1 aliphatic carbocycles. The number of pyridine rings is 1. The van der Waals surface area contributed by atoms with Gasteiger partial charge in [0.1, 0.15) is 11.6 Å². The molecular formula is C28H34N6O3. The molecule has 0 unspecified atom stereocenters. The number of amides is 1. The lowest BCUT2D eigenvalue weighted by Crippen LogP contribution is -2.61. The van der Waals surface area contributed by atoms with Gasteiger partial charge in [-0.15, -0.1) is 0 Å². The van der Waals surface area contributed by atoms with Gasteiger partial charge in [-0.05, 0) is 38.0 Å². The molecule has 5 heterocycles. The van der Waals surface area contributed by atoms with E-state index in [-0.39, 0.29) is 17.9 Å². The van der Waals surface area contributed by atoms with Crippen LogP contribution in [0.25, 0.3) is 22.3 Å². The first-order valence-corrected chi connectivity index (χ1v) is 13.6. The topological polar surface area (TPSA) is 84.8 Å². The van der Waals surface area contributed by atoms with Gasteiger partial charge in [0.25, 0.3) is 0 Å². The van der Waals surface area contributed by atoms with Gasteiger partial charge in [0.15, 0.2) is 0 Å². The maximum Gasteiger partial charge on any atom is 0.241 e. The minimum atomic E-state index is -0.124. The van der Waals surface area contributed by atoms with Gasteiger partial charge in [0.2, 0.25) is 11.8 Å². The average Bonchev–Trinajstić information content (AvgIpc) is 3.49. The van der Waals surface area contributed by atoms with Crippen LogP contribution in [0.4, 0.5) is 5.69 Å². The van der Waals surface area contributed by atoms with Crippen molar-refractivity contribution in [2.75, 3.05) is 50.8 Å². The predicted molar refractivity (Wildman–Crippen MR) is 141 cm³/mol. The smallest absolute Gasteiger partial charge is 0.241 e. The Morgan fingerprint density at radius 2 is 1.89 bits per heavy atom. The number of morpholine rings is 1. The number of carbonyl (C=O) groups is 1. The number of hydrogen-bond acceptors (Lipinski definition) is 7. The highest BCUT2D eigenvalue weighted by Gasteiger charge is 2.33. The van der Waals surface area contributed by atoms with Crippen molar-refractivity contribution in [2.45, 2.75) is 44.4 Å². The van der Waals surface area contributed by atoms with E-state index in [4.69, 9.17) is 19.4 Å². The number of nitrogens with zero attached hydrogens (tertiary/aromatic N) is 5. The van der Waals surface area contributed by atoms with Crippen molar-refractivity contribution in [1.82, 2.24) is 24.8 Å². The second-order valence-electron chi connectivity index (χ2n) is 10.9. The first-order chi connectivity index (χ1) is 18.1. The number of anilines is 1. The SMILES string of the molecule is C[C@@H](Oc1nc(-c2ccc(N3CC(N4CCOCC4)C3)cc2)cc2ncn(C3CC3)c12)[C@H]1CNC(=O)C1. The fourth-order valence-corrected chi connectivity index (χ4v) is 5.80. The molecular weight excluding hydrogens is 468 g/mol. The van der Waals surface area contributed by atoms with E-state index >= 15 is 0 Å². The highest BCUT2D eigenvalue weighted by atomic mass is 16.5. The third kappa shape index (κ3) is 4.44. The van der Waals surface area contributed by atoms with Crippen LogP contribution in [-0.2, 0) is 9.53 Å². The van der Waals surface area contributed by atoms with E-state index in [2.05, 4.69) is 50.0 Å². The molecule has 0 spiro atoms. The summed E-state index contributed by atoms with van der Waals surface area (Å²) in [4.78, 5) is 26.5. The highest BCUT2D eigenvalue weighted by Crippen LogP contribution is 2.40. The molecule has 3 saturated heterocycles. The summed E-state index contributed by atoms with van der Waals surface area (Å²) in [5, 5.41) is 2.92. The third-order valence-electron chi connectivity index (χ3n) is 8.38. The van der Waals surface area contributed by atoms with Crippen LogP contribution in [-0.4, -0.2) is 83.4 Å². The van der Waals surface area contributed by atoms with Gasteiger partial charge >= 0.3 is 0 Å². The van der Waals surface area contributed by atoms with Gasteiger partial charge in [-0.25, -0.2) is 9.97 Å². The average molecular weight is 503 g/mol. The fourth-order valence-electron chi connectivity index (χ4n) is 5.80. The minimum absolute atomic E-state index is 0.0916. The van der Waals surface area contributed by atoms with Gasteiger partial charge in [-0.1, -0.05) is 12.1 Å². The fraction of sp³-hybridized carbons (Fsp3) is 0.536. The second-order valence-corrected chi connectivity index (χ2v) is 10.9. The zero-order valence-electron chi connectivity index (χ0n) is 21.3. The van der Waals surface area contributed by atoms with Gasteiger partial charge in [0, 0.05) is 68.4 Å². The van der Waals surface area contributed by atoms with Crippen molar-refractivity contribution in [3.05, 3.63) is 36.7 Å². The van der Waals surface area contributed by atoms with Crippen molar-refractivity contribution in [3.8, 4) is 17.1 Å². The maximum atomic E-state index is 11.8. The molecule has 0 radical (unpaired) electrons. The quantitative estimate of drug-likeness (QED) is 0.532. The van der Waals surface area contributed by atoms with Crippen LogP contribution in [0.1, 0.15) is 32.2 Å². The molecule has 1 amide bonds. The Morgan fingerprint density at radius 1 is 1.11 bits per heavy atom. The molecule has 7 rings (SSSR count). The Labute approximate surface area is 216 Å². The number of rotatable bonds is 7. The molecule has 9 heteroatoms. The van der Waals surface area contributed by atoms with Crippen LogP contribution in [0, 0.1) is 5.92 Å². The number of aromatic nitrogens is 3. The van der Waals surface area contributed by atoms with Gasteiger partial charge in [0.05, 0.1) is 30.8 Å². The van der Waals surface area contributed by atoms with E-state index in [1.54, 1.807) is 0 Å². The predicted octanol–water partition coefficient (Wildman–Crippen LogP) is 2.86. The van der Waals surface area contributed by atoms with E-state index in [1.165, 1.54) is 5.69 Å². The number of ether oxygens (including phenoxy) is 2. The van der Waals surface area contributed by atoms with Crippen molar-refractivity contribution in [2.24, 2.45) is 5.92 Å². The van der Waals surface area contributed by atoms with E-state index in [1.807, 2.05) is 13.3 Å². The first kappa shape index (κ1) is 23.0. The van der Waals surface area contributed by atoms with Crippen molar-refractivity contribution in [3.63, 3.8) is 0 Å². The summed E-state index contributed by atoms with van der Waals surface area (Å²) in [6.07, 6.45) is 4.61. The highest BCUT2D eigenvalue weighted by molar-refractivity contribution is 5.85. The zero-order valence-corrected chi connectivity index (χ0v) is 21.3. The van der Waals surface area contributed by atoms with Gasteiger partial charge in [-0.2, -0.15) is 0 Å². The van der Waals surface area contributed by atoms with Crippen LogP contribution >= 0.6 is 0 Å². The molecule has 4 aliphatic rings. The Balaban J connectivity index is 1.12. The van der Waals surface area contributed by atoms with Crippen molar-refractivity contribution in [1.29, 1.82) is 0 Å². The lowest BCUT2D eigenvalue weighted by Gasteiger charge is -2.47. The number of imidazole rings is 1. The lowest BCUT2D eigenvalue weighted by molar-refractivity contribution is -0.119. The Morgan fingerprint density at radius 3 is 2.59 bits per heavy atom. The first-order valence-electron chi connectivity index (χ1n) is 13.6. The molecule has 1 saturated carbocycles. The summed E-state index contributed by atoms with van der Waals surface area (Å²) in [5.74, 6) is 0.847. The molecule has 1 aromatic carbocycles.